The van der Waals surface area contributed by atoms with Crippen molar-refractivity contribution in [3.05, 3.63) is 22.3 Å². The van der Waals surface area contributed by atoms with Gasteiger partial charge in [-0.05, 0) is 23.5 Å². The van der Waals surface area contributed by atoms with E-state index < -0.39 is 34.4 Å². The fraction of sp³-hybridized carbons (Fsp3) is 0.444. The molecule has 1 saturated heterocycles. The number of nitrogens with one attached hydrogen (secondary N) is 2. The lowest BCUT2D eigenvalue weighted by atomic mass is 10.00. The number of hydrogen-bond acceptors (Lipinski definition) is 15. The van der Waals surface area contributed by atoms with Gasteiger partial charge in [-0.1, -0.05) is 16.9 Å². The summed E-state index contributed by atoms with van der Waals surface area (Å²) in [6.07, 6.45) is 2.01. The molecule has 0 saturated carbocycles. The third-order valence-corrected chi connectivity index (χ3v) is 8.65. The SMILES string of the molecule is CSCON=C(C(=O)NC1C(=O)N2C(C(=O)O)=C(C(CCO)Sc3nn[nH]n3)CS[C@H]12)c1csc(N)n1. The highest BCUT2D eigenvalue weighted by Gasteiger charge is 2.55. The maximum Gasteiger partial charge on any atom is 0.352 e. The summed E-state index contributed by atoms with van der Waals surface area (Å²) in [6.45, 7) is -0.214. The average Bonchev–Trinajstić information content (AvgIpc) is 3.55. The number of tetrazole rings is 1. The largest absolute Gasteiger partial charge is 0.477 e. The van der Waals surface area contributed by atoms with E-state index in [0.717, 1.165) is 28.0 Å². The second-order valence-corrected chi connectivity index (χ2v) is 11.4. The maximum atomic E-state index is 13.1. The van der Waals surface area contributed by atoms with Gasteiger partial charge in [-0.25, -0.2) is 9.78 Å². The Kier molecular flexibility index (Phi) is 8.90. The Hall–Kier alpha value is -2.87. The Bertz CT molecular complexity index is 1220. The molecule has 1 fully saturated rings. The van der Waals surface area contributed by atoms with E-state index in [9.17, 15) is 24.6 Å². The van der Waals surface area contributed by atoms with Gasteiger partial charge < -0.3 is 26.1 Å². The molecule has 2 unspecified atom stereocenters. The van der Waals surface area contributed by atoms with Crippen LogP contribution in [0.25, 0.3) is 0 Å². The topological polar surface area (TPSA) is 222 Å². The summed E-state index contributed by atoms with van der Waals surface area (Å²) in [6, 6.07) is -0.990. The number of carbonyl (C=O) groups excluding carboxylic acids is 2. The zero-order valence-electron chi connectivity index (χ0n) is 19.1. The van der Waals surface area contributed by atoms with Crippen molar-refractivity contribution >= 4 is 75.2 Å². The number of oxime groups is 1. The van der Waals surface area contributed by atoms with Gasteiger partial charge in [0.05, 0.1) is 0 Å². The Labute approximate surface area is 226 Å². The van der Waals surface area contributed by atoms with Gasteiger partial charge in [0.1, 0.15) is 22.8 Å². The number of aromatic nitrogens is 5. The van der Waals surface area contributed by atoms with Crippen molar-refractivity contribution in [2.45, 2.75) is 28.2 Å². The van der Waals surface area contributed by atoms with Gasteiger partial charge >= 0.3 is 5.97 Å². The lowest BCUT2D eigenvalue weighted by molar-refractivity contribution is -0.150. The number of rotatable bonds is 12. The van der Waals surface area contributed by atoms with Gasteiger partial charge in [0, 0.05) is 23.0 Å². The molecule has 0 bridgehead atoms. The second kappa shape index (κ2) is 12.1. The number of β-lactam (4-membered cyclic amide) rings is 1. The first-order valence-corrected chi connectivity index (χ1v) is 14.7. The fourth-order valence-electron chi connectivity index (χ4n) is 3.59. The molecular weight excluding hydrogens is 567 g/mol. The molecule has 19 heteroatoms. The van der Waals surface area contributed by atoms with Crippen LogP contribution in [0.2, 0.25) is 0 Å². The molecule has 6 N–H and O–H groups in total. The van der Waals surface area contributed by atoms with Crippen molar-refractivity contribution < 1.29 is 29.4 Å². The lowest BCUT2D eigenvalue weighted by Gasteiger charge is -2.50. The smallest absolute Gasteiger partial charge is 0.352 e. The first-order chi connectivity index (χ1) is 17.8. The molecule has 0 spiro atoms. The molecule has 0 aliphatic carbocycles. The number of aliphatic carboxylic acids is 1. The molecule has 2 aliphatic rings. The minimum Gasteiger partial charge on any atom is -0.477 e. The molecule has 2 amide bonds. The van der Waals surface area contributed by atoms with Gasteiger partial charge in [-0.3, -0.25) is 14.5 Å². The summed E-state index contributed by atoms with van der Waals surface area (Å²) >= 11 is 4.90. The number of fused-ring (bicyclic) bond motifs is 1. The molecular formula is C18H21N9O6S4. The molecule has 198 valence electrons. The van der Waals surface area contributed by atoms with Crippen LogP contribution in [-0.4, -0.2) is 105 Å². The Morgan fingerprint density at radius 3 is 2.92 bits per heavy atom. The number of thiazole rings is 1. The average molecular weight is 588 g/mol. The number of amides is 2. The van der Waals surface area contributed by atoms with E-state index in [4.69, 9.17) is 10.6 Å². The van der Waals surface area contributed by atoms with Crippen LogP contribution < -0.4 is 11.1 Å². The highest BCUT2D eigenvalue weighted by Crippen LogP contribution is 2.44. The van der Waals surface area contributed by atoms with Crippen molar-refractivity contribution in [3.8, 4) is 0 Å². The standard InChI is InChI=1S/C18H21N9O6S4/c1-34-6-33-24-10(8-5-36-17(19)20-8)13(29)21-11-14(30)27-12(16(31)32)7(4-35-15(11)27)9(2-3-28)37-18-22-25-26-23-18/h5,9,11,15,28H,2-4,6H2,1H3,(H2,19,20)(H,21,29)(H,31,32)(H,22,23,25,26)/t9?,11?,15-/m1/s1. The molecule has 0 aromatic carbocycles. The van der Waals surface area contributed by atoms with E-state index in [1.54, 1.807) is 11.6 Å². The van der Waals surface area contributed by atoms with E-state index in [1.165, 1.54) is 23.5 Å². The molecule has 4 heterocycles. The molecule has 2 aromatic rings. The zero-order chi connectivity index (χ0) is 26.5. The Morgan fingerprint density at radius 1 is 1.49 bits per heavy atom. The van der Waals surface area contributed by atoms with Gasteiger partial charge in [0.2, 0.25) is 5.16 Å². The number of nitrogen functional groups attached to an aromatic ring is 1. The van der Waals surface area contributed by atoms with Crippen molar-refractivity contribution in [1.29, 1.82) is 0 Å². The van der Waals surface area contributed by atoms with Crippen LogP contribution in [0.5, 0.6) is 0 Å². The number of carbonyl (C=O) groups is 3. The van der Waals surface area contributed by atoms with E-state index in [-0.39, 0.29) is 52.1 Å². The lowest BCUT2D eigenvalue weighted by Crippen LogP contribution is -2.71. The van der Waals surface area contributed by atoms with Gasteiger partial charge in [0.25, 0.3) is 11.8 Å². The highest BCUT2D eigenvalue weighted by molar-refractivity contribution is 8.01. The highest BCUT2D eigenvalue weighted by atomic mass is 32.2. The number of H-pyrrole nitrogens is 1. The molecule has 0 radical (unpaired) electrons. The first-order valence-electron chi connectivity index (χ1n) is 10.5. The third-order valence-electron chi connectivity index (χ3n) is 5.15. The number of nitrogens with two attached hydrogens (primary N) is 1. The van der Waals surface area contributed by atoms with Gasteiger partial charge in [-0.2, -0.15) is 5.21 Å². The quantitative estimate of drug-likeness (QED) is 0.0531. The summed E-state index contributed by atoms with van der Waals surface area (Å²) in [7, 11) is 0. The van der Waals surface area contributed by atoms with Crippen LogP contribution in [0.4, 0.5) is 5.13 Å². The minimum atomic E-state index is -1.29. The predicted octanol–water partition coefficient (Wildman–Crippen LogP) is -0.438. The monoisotopic (exact) mass is 587 g/mol. The second-order valence-electron chi connectivity index (χ2n) is 7.40. The van der Waals surface area contributed by atoms with Crippen LogP contribution in [0, 0.1) is 0 Å². The number of carboxylic acid groups (broad SMARTS) is 1. The molecule has 15 nitrogen and oxygen atoms in total. The predicted molar refractivity (Wildman–Crippen MR) is 138 cm³/mol. The van der Waals surface area contributed by atoms with Crippen LogP contribution in [0.3, 0.4) is 0 Å². The molecule has 3 atom stereocenters. The summed E-state index contributed by atoms with van der Waals surface area (Å²) in [4.78, 5) is 48.8. The van der Waals surface area contributed by atoms with E-state index >= 15 is 0 Å². The van der Waals surface area contributed by atoms with Crippen LogP contribution in [0.15, 0.2) is 27.0 Å². The van der Waals surface area contributed by atoms with Crippen molar-refractivity contribution in [3.63, 3.8) is 0 Å². The molecule has 37 heavy (non-hydrogen) atoms. The van der Waals surface area contributed by atoms with Crippen molar-refractivity contribution in [2.24, 2.45) is 5.16 Å². The van der Waals surface area contributed by atoms with Crippen LogP contribution in [0.1, 0.15) is 12.1 Å². The summed E-state index contributed by atoms with van der Waals surface area (Å²) in [5, 5.41) is 40.5. The number of carboxylic acids is 1. The summed E-state index contributed by atoms with van der Waals surface area (Å²) in [5.74, 6) is -2.14. The number of aliphatic hydroxyl groups excluding tert-OH is 1. The normalized spacial score (nSPS) is 20.3. The first kappa shape index (κ1) is 27.2. The third kappa shape index (κ3) is 5.84. The number of aliphatic hydroxyl groups is 1. The van der Waals surface area contributed by atoms with E-state index in [2.05, 4.69) is 36.1 Å². The molecule has 2 aliphatic heterocycles. The molecule has 2 aromatic heterocycles. The van der Waals surface area contributed by atoms with Crippen molar-refractivity contribution in [2.75, 3.05) is 30.3 Å². The Balaban J connectivity index is 1.55. The minimum absolute atomic E-state index is 0.150. The van der Waals surface area contributed by atoms with Crippen LogP contribution >= 0.6 is 46.6 Å². The van der Waals surface area contributed by atoms with E-state index in [0.29, 0.717) is 5.57 Å². The number of anilines is 1. The number of nitrogens with zero attached hydrogens (tertiary/aromatic N) is 6. The maximum absolute atomic E-state index is 13.1. The summed E-state index contributed by atoms with van der Waals surface area (Å²) < 4.78 is 0. The molecule has 4 rings (SSSR count). The van der Waals surface area contributed by atoms with Gasteiger partial charge in [0.15, 0.2) is 16.8 Å². The van der Waals surface area contributed by atoms with Crippen molar-refractivity contribution in [1.82, 2.24) is 35.8 Å². The number of hydrogen-bond donors (Lipinski definition) is 5. The van der Waals surface area contributed by atoms with E-state index in [1.807, 2.05) is 0 Å². The number of aromatic amines is 1. The van der Waals surface area contributed by atoms with Crippen LogP contribution in [-0.2, 0) is 19.2 Å². The van der Waals surface area contributed by atoms with Gasteiger partial charge in [-0.15, -0.1) is 45.1 Å². The fourth-order valence-corrected chi connectivity index (χ4v) is 6.83. The summed E-state index contributed by atoms with van der Waals surface area (Å²) in [5.41, 5.74) is 5.99. The zero-order valence-corrected chi connectivity index (χ0v) is 22.3. The Morgan fingerprint density at radius 2 is 2.30 bits per heavy atom. The number of thioether (sulfide) groups is 3.